The van der Waals surface area contributed by atoms with E-state index in [0.717, 1.165) is 11.3 Å². The van der Waals surface area contributed by atoms with Crippen LogP contribution in [0.1, 0.15) is 27.2 Å². The molecule has 0 aromatic carbocycles. The second kappa shape index (κ2) is 12.6. The van der Waals surface area contributed by atoms with E-state index in [0.29, 0.717) is 6.54 Å². The van der Waals surface area contributed by atoms with E-state index in [4.69, 9.17) is 5.11 Å². The Morgan fingerprint density at radius 1 is 1.25 bits per heavy atom. The average Bonchev–Trinajstić information content (AvgIpc) is 2.63. The van der Waals surface area contributed by atoms with Crippen molar-refractivity contribution in [2.75, 3.05) is 7.11 Å². The summed E-state index contributed by atoms with van der Waals surface area (Å²) in [5.74, 6) is -1.08. The van der Waals surface area contributed by atoms with Gasteiger partial charge in [0.05, 0.1) is 19.0 Å². The van der Waals surface area contributed by atoms with Crippen LogP contribution in [0.25, 0.3) is 11.3 Å². The Balaban J connectivity index is 0.000000650. The van der Waals surface area contributed by atoms with Gasteiger partial charge in [-0.2, -0.15) is 0 Å². The van der Waals surface area contributed by atoms with E-state index in [2.05, 4.69) is 19.8 Å². The lowest BCUT2D eigenvalue weighted by Crippen LogP contribution is -2.38. The van der Waals surface area contributed by atoms with Crippen LogP contribution in [0.2, 0.25) is 0 Å². The molecule has 0 aliphatic heterocycles. The summed E-state index contributed by atoms with van der Waals surface area (Å²) < 4.78 is 5.69. The number of esters is 1. The van der Waals surface area contributed by atoms with Crippen LogP contribution in [0.3, 0.4) is 0 Å². The minimum absolute atomic E-state index is 0.0577. The van der Waals surface area contributed by atoms with Crippen LogP contribution in [-0.4, -0.2) is 39.2 Å². The highest BCUT2D eigenvalue weighted by atomic mass is 16.5. The zero-order chi connectivity index (χ0) is 18.4. The van der Waals surface area contributed by atoms with Gasteiger partial charge in [-0.15, -0.1) is 0 Å². The van der Waals surface area contributed by atoms with E-state index in [1.54, 1.807) is 35.7 Å². The predicted octanol–water partition coefficient (Wildman–Crippen LogP) is 1.51. The van der Waals surface area contributed by atoms with Crippen molar-refractivity contribution in [3.63, 3.8) is 0 Å². The molecule has 8 heteroatoms. The quantitative estimate of drug-likeness (QED) is 0.666. The summed E-state index contributed by atoms with van der Waals surface area (Å²) in [6.07, 6.45) is 8.30. The third kappa shape index (κ3) is 9.19. The van der Waals surface area contributed by atoms with Crippen LogP contribution in [0.5, 0.6) is 0 Å². The Morgan fingerprint density at radius 2 is 1.92 bits per heavy atom. The first-order chi connectivity index (χ1) is 11.5. The maximum Gasteiger partial charge on any atom is 0.309 e. The van der Waals surface area contributed by atoms with Crippen LogP contribution < -0.4 is 4.68 Å². The first-order valence-electron chi connectivity index (χ1n) is 7.41. The lowest BCUT2D eigenvalue weighted by atomic mass is 10.2. The number of methoxy groups -OCH3 is 1. The van der Waals surface area contributed by atoms with Gasteiger partial charge in [0, 0.05) is 30.9 Å². The van der Waals surface area contributed by atoms with Gasteiger partial charge in [-0.3, -0.25) is 19.6 Å². The zero-order valence-corrected chi connectivity index (χ0v) is 14.3. The lowest BCUT2D eigenvalue weighted by molar-refractivity contribution is -0.752. The number of hydrogen-bond acceptors (Lipinski definition) is 6. The molecule has 0 saturated carbocycles. The molecule has 0 fully saturated rings. The summed E-state index contributed by atoms with van der Waals surface area (Å²) in [7, 11) is 1.35. The van der Waals surface area contributed by atoms with Gasteiger partial charge in [-0.1, -0.05) is 18.5 Å². The van der Waals surface area contributed by atoms with Crippen molar-refractivity contribution < 1.29 is 24.1 Å². The molecule has 24 heavy (non-hydrogen) atoms. The molecule has 0 amide bonds. The highest BCUT2D eigenvalue weighted by Gasteiger charge is 2.07. The molecular weight excluding hydrogens is 312 g/mol. The van der Waals surface area contributed by atoms with Crippen molar-refractivity contribution in [3.8, 4) is 11.3 Å². The molecule has 0 spiro atoms. The Bertz CT molecular complexity index is 603. The van der Waals surface area contributed by atoms with E-state index in [1.807, 2.05) is 19.9 Å². The SMILES string of the molecule is CC.COC(C)=O.O=C(O)CC[n+]1ccc(-c2cnccn2)cn1. The lowest BCUT2D eigenvalue weighted by Gasteiger charge is -1.97. The number of aryl methyl sites for hydroxylation is 1. The zero-order valence-electron chi connectivity index (χ0n) is 14.3. The maximum atomic E-state index is 10.4. The molecule has 2 aromatic rings. The number of aromatic nitrogens is 4. The summed E-state index contributed by atoms with van der Waals surface area (Å²) in [4.78, 5) is 28.1. The van der Waals surface area contributed by atoms with E-state index < -0.39 is 5.97 Å². The predicted molar refractivity (Wildman–Crippen MR) is 86.7 cm³/mol. The van der Waals surface area contributed by atoms with Gasteiger partial charge in [0.15, 0.2) is 12.7 Å². The molecule has 0 aliphatic carbocycles. The van der Waals surface area contributed by atoms with Crippen molar-refractivity contribution >= 4 is 11.9 Å². The number of carbonyl (C=O) groups excluding carboxylic acids is 1. The Labute approximate surface area is 141 Å². The summed E-state index contributed by atoms with van der Waals surface area (Å²) in [5.41, 5.74) is 1.59. The van der Waals surface area contributed by atoms with Crippen molar-refractivity contribution in [2.45, 2.75) is 33.7 Å². The third-order valence-corrected chi connectivity index (χ3v) is 2.47. The molecule has 2 aromatic heterocycles. The fraction of sp³-hybridized carbons (Fsp3) is 0.375. The summed E-state index contributed by atoms with van der Waals surface area (Å²) >= 11 is 0. The van der Waals surface area contributed by atoms with Crippen molar-refractivity contribution in [1.29, 1.82) is 0 Å². The molecule has 130 valence electrons. The fourth-order valence-electron chi connectivity index (χ4n) is 1.33. The van der Waals surface area contributed by atoms with Gasteiger partial charge in [-0.25, -0.2) is 0 Å². The van der Waals surface area contributed by atoms with E-state index in [-0.39, 0.29) is 12.4 Å². The summed E-state index contributed by atoms with van der Waals surface area (Å²) in [5, 5.41) is 12.7. The molecule has 0 radical (unpaired) electrons. The molecule has 0 saturated heterocycles. The van der Waals surface area contributed by atoms with E-state index >= 15 is 0 Å². The average molecular weight is 335 g/mol. The van der Waals surface area contributed by atoms with Crippen LogP contribution in [0, 0.1) is 0 Å². The minimum Gasteiger partial charge on any atom is -0.481 e. The number of rotatable bonds is 4. The van der Waals surface area contributed by atoms with E-state index in [9.17, 15) is 9.59 Å². The molecule has 0 aliphatic rings. The highest BCUT2D eigenvalue weighted by Crippen LogP contribution is 2.11. The second-order valence-corrected chi connectivity index (χ2v) is 4.11. The standard InChI is InChI=1S/C11H10N4O2.C3H6O2.C2H6/c16-11(17)2-6-15-5-1-9(7-14-15)10-8-12-3-4-13-10;1-3(4)5-2;1-2/h1,3-5,7-8H,2,6H2;1-2H3;1-2H3/p+1. The number of hydrogen-bond donors (Lipinski definition) is 1. The molecule has 0 bridgehead atoms. The largest absolute Gasteiger partial charge is 0.481 e. The van der Waals surface area contributed by atoms with Crippen LogP contribution in [0.15, 0.2) is 37.1 Å². The number of carboxylic acids is 1. The third-order valence-electron chi connectivity index (χ3n) is 2.47. The van der Waals surface area contributed by atoms with Gasteiger partial charge >= 0.3 is 11.9 Å². The molecule has 2 heterocycles. The highest BCUT2D eigenvalue weighted by molar-refractivity contribution is 5.66. The molecule has 0 atom stereocenters. The minimum atomic E-state index is -0.836. The van der Waals surface area contributed by atoms with Gasteiger partial charge in [0.1, 0.15) is 12.6 Å². The van der Waals surface area contributed by atoms with Crippen molar-refractivity contribution in [1.82, 2.24) is 15.1 Å². The fourth-order valence-corrected chi connectivity index (χ4v) is 1.33. The molecule has 8 nitrogen and oxygen atoms in total. The Morgan fingerprint density at radius 3 is 2.33 bits per heavy atom. The van der Waals surface area contributed by atoms with Crippen molar-refractivity contribution in [2.24, 2.45) is 0 Å². The Hall–Kier alpha value is -2.90. The van der Waals surface area contributed by atoms with Crippen LogP contribution in [-0.2, 0) is 20.9 Å². The van der Waals surface area contributed by atoms with Crippen LogP contribution >= 0.6 is 0 Å². The number of nitrogens with zero attached hydrogens (tertiary/aromatic N) is 4. The normalized spacial score (nSPS) is 8.83. The first-order valence-corrected chi connectivity index (χ1v) is 7.41. The Kier molecular flexibility index (Phi) is 11.1. The molecular formula is C16H23N4O4+. The molecule has 0 unspecified atom stereocenters. The van der Waals surface area contributed by atoms with Gasteiger partial charge in [-0.05, 0) is 5.10 Å². The van der Waals surface area contributed by atoms with Crippen LogP contribution in [0.4, 0.5) is 0 Å². The number of ether oxygens (including phenoxy) is 1. The number of aliphatic carboxylic acids is 1. The van der Waals surface area contributed by atoms with Gasteiger partial charge in [0.25, 0.3) is 0 Å². The summed E-state index contributed by atoms with van der Waals surface area (Å²) in [6, 6.07) is 1.83. The second-order valence-electron chi connectivity index (χ2n) is 4.11. The number of carboxylic acid groups (broad SMARTS) is 1. The van der Waals surface area contributed by atoms with Crippen molar-refractivity contribution in [3.05, 3.63) is 37.1 Å². The maximum absolute atomic E-state index is 10.4. The summed E-state index contributed by atoms with van der Waals surface area (Å²) in [6.45, 7) is 5.72. The van der Waals surface area contributed by atoms with Gasteiger partial charge < -0.3 is 9.84 Å². The van der Waals surface area contributed by atoms with Gasteiger partial charge in [0.2, 0.25) is 0 Å². The molecule has 1 N–H and O–H groups in total. The smallest absolute Gasteiger partial charge is 0.309 e. The van der Waals surface area contributed by atoms with E-state index in [1.165, 1.54) is 14.0 Å². The first kappa shape index (κ1) is 21.1. The monoisotopic (exact) mass is 335 g/mol. The number of carbonyl (C=O) groups is 2. The molecule has 2 rings (SSSR count). The topological polar surface area (TPSA) is 106 Å².